The minimum atomic E-state index is -0.899. The highest BCUT2D eigenvalue weighted by atomic mass is 16.6. The van der Waals surface area contributed by atoms with Gasteiger partial charge in [0.2, 0.25) is 0 Å². The molecule has 0 radical (unpaired) electrons. The van der Waals surface area contributed by atoms with Crippen LogP contribution >= 0.6 is 0 Å². The summed E-state index contributed by atoms with van der Waals surface area (Å²) in [6.45, 7) is 3.08. The van der Waals surface area contributed by atoms with Crippen molar-refractivity contribution in [2.45, 2.75) is 20.0 Å². The molecule has 1 heterocycles. The first-order valence-electron chi connectivity index (χ1n) is 3.47. The van der Waals surface area contributed by atoms with Crippen LogP contribution in [0.3, 0.4) is 0 Å². The Bertz CT molecular complexity index is 179. The van der Waals surface area contributed by atoms with Crippen molar-refractivity contribution in [2.75, 3.05) is 0 Å². The van der Waals surface area contributed by atoms with Gasteiger partial charge in [-0.3, -0.25) is 9.59 Å². The zero-order chi connectivity index (χ0) is 8.59. The van der Waals surface area contributed by atoms with Crippen LogP contribution in [0.25, 0.3) is 0 Å². The van der Waals surface area contributed by atoms with Crippen molar-refractivity contribution >= 4 is 11.9 Å². The lowest BCUT2D eigenvalue weighted by molar-refractivity contribution is -0.179. The third-order valence-electron chi connectivity index (χ3n) is 1.97. The lowest BCUT2D eigenvalue weighted by atomic mass is 9.91. The largest absolute Gasteiger partial charge is 0.393 e. The molecule has 1 aliphatic heterocycles. The van der Waals surface area contributed by atoms with E-state index in [4.69, 9.17) is 0 Å². The molecule has 11 heavy (non-hydrogen) atoms. The number of rotatable bonds is 0. The van der Waals surface area contributed by atoms with Crippen LogP contribution in [0.5, 0.6) is 0 Å². The fourth-order valence-electron chi connectivity index (χ4n) is 0.997. The molecule has 0 spiro atoms. The van der Waals surface area contributed by atoms with Crippen molar-refractivity contribution in [3.8, 4) is 0 Å². The van der Waals surface area contributed by atoms with E-state index in [1.54, 1.807) is 0 Å². The van der Waals surface area contributed by atoms with Gasteiger partial charge in [0, 0.05) is 0 Å². The van der Waals surface area contributed by atoms with Crippen molar-refractivity contribution < 1.29 is 19.4 Å². The van der Waals surface area contributed by atoms with E-state index < -0.39 is 29.9 Å². The summed E-state index contributed by atoms with van der Waals surface area (Å²) in [5.74, 6) is -2.47. The van der Waals surface area contributed by atoms with Gasteiger partial charge in [0.1, 0.15) is 0 Å². The Morgan fingerprint density at radius 2 is 1.55 bits per heavy atom. The quantitative estimate of drug-likeness (QED) is 0.388. The third-order valence-corrected chi connectivity index (χ3v) is 1.97. The molecule has 1 fully saturated rings. The maximum atomic E-state index is 10.8. The molecule has 0 amide bonds. The van der Waals surface area contributed by atoms with Crippen LogP contribution in [-0.4, -0.2) is 23.1 Å². The van der Waals surface area contributed by atoms with Gasteiger partial charge in [-0.1, -0.05) is 0 Å². The number of hydrogen-bond acceptors (Lipinski definition) is 4. The third kappa shape index (κ3) is 1.26. The molecule has 4 heteroatoms. The van der Waals surface area contributed by atoms with E-state index in [0.717, 1.165) is 0 Å². The SMILES string of the molecule is C[C@@H]1C(=O)OC(=O)[C@H](C)C1O. The van der Waals surface area contributed by atoms with Gasteiger partial charge in [-0.15, -0.1) is 0 Å². The zero-order valence-electron chi connectivity index (χ0n) is 6.40. The zero-order valence-corrected chi connectivity index (χ0v) is 6.40. The highest BCUT2D eigenvalue weighted by Gasteiger charge is 2.39. The molecule has 4 nitrogen and oxygen atoms in total. The van der Waals surface area contributed by atoms with E-state index in [1.165, 1.54) is 13.8 Å². The summed E-state index contributed by atoms with van der Waals surface area (Å²) < 4.78 is 4.34. The van der Waals surface area contributed by atoms with E-state index in [2.05, 4.69) is 4.74 Å². The monoisotopic (exact) mass is 158 g/mol. The van der Waals surface area contributed by atoms with Gasteiger partial charge < -0.3 is 9.84 Å². The van der Waals surface area contributed by atoms with Gasteiger partial charge in [0.15, 0.2) is 0 Å². The lowest BCUT2D eigenvalue weighted by Crippen LogP contribution is -2.43. The summed E-state index contributed by atoms with van der Waals surface area (Å²) in [4.78, 5) is 21.5. The number of aliphatic hydroxyl groups excluding tert-OH is 1. The Morgan fingerprint density at radius 1 is 1.18 bits per heavy atom. The molecule has 62 valence electrons. The van der Waals surface area contributed by atoms with Gasteiger partial charge in [-0.05, 0) is 13.8 Å². The summed E-state index contributed by atoms with van der Waals surface area (Å²) in [5.41, 5.74) is 0. The Hall–Kier alpha value is -0.900. The number of aliphatic hydroxyl groups is 1. The molecule has 1 saturated heterocycles. The first kappa shape index (κ1) is 8.20. The summed E-state index contributed by atoms with van der Waals surface area (Å²) in [6.07, 6.45) is -0.899. The van der Waals surface area contributed by atoms with Crippen LogP contribution in [-0.2, 0) is 14.3 Å². The highest BCUT2D eigenvalue weighted by Crippen LogP contribution is 2.21. The number of carbonyl (C=O) groups is 2. The average Bonchev–Trinajstić information content (AvgIpc) is 1.97. The normalized spacial score (nSPS) is 38.6. The van der Waals surface area contributed by atoms with Crippen LogP contribution in [0.15, 0.2) is 0 Å². The van der Waals surface area contributed by atoms with E-state index in [-0.39, 0.29) is 0 Å². The Kier molecular flexibility index (Phi) is 1.95. The van der Waals surface area contributed by atoms with Crippen LogP contribution in [0.4, 0.5) is 0 Å². The molecule has 0 aliphatic carbocycles. The first-order valence-corrected chi connectivity index (χ1v) is 3.47. The molecule has 3 atom stereocenters. The number of cyclic esters (lactones) is 2. The summed E-state index contributed by atoms with van der Waals surface area (Å²) in [5, 5.41) is 9.27. The summed E-state index contributed by atoms with van der Waals surface area (Å²) in [6, 6.07) is 0. The molecule has 1 N–H and O–H groups in total. The van der Waals surface area contributed by atoms with Crippen LogP contribution in [0.2, 0.25) is 0 Å². The molecular weight excluding hydrogens is 148 g/mol. The number of hydrogen-bond donors (Lipinski definition) is 1. The van der Waals surface area contributed by atoms with Crippen LogP contribution in [0, 0.1) is 11.8 Å². The van der Waals surface area contributed by atoms with Gasteiger partial charge in [0.25, 0.3) is 0 Å². The standard InChI is InChI=1S/C7H10O4/c1-3-5(8)4(2)7(10)11-6(3)9/h3-5,8H,1-2H3/t3-,4+,5?. The van der Waals surface area contributed by atoms with E-state index in [0.29, 0.717) is 0 Å². The van der Waals surface area contributed by atoms with Crippen LogP contribution in [0.1, 0.15) is 13.8 Å². The second-order valence-electron chi connectivity index (χ2n) is 2.81. The van der Waals surface area contributed by atoms with E-state index >= 15 is 0 Å². The lowest BCUT2D eigenvalue weighted by Gasteiger charge is -2.26. The van der Waals surface area contributed by atoms with Crippen molar-refractivity contribution in [1.29, 1.82) is 0 Å². The fourth-order valence-corrected chi connectivity index (χ4v) is 0.997. The minimum absolute atomic E-state index is 0.595. The number of carbonyl (C=O) groups excluding carboxylic acids is 2. The highest BCUT2D eigenvalue weighted by molar-refractivity contribution is 5.91. The molecule has 0 aromatic heterocycles. The molecule has 1 aliphatic rings. The number of esters is 2. The molecule has 0 saturated carbocycles. The maximum absolute atomic E-state index is 10.8. The minimum Gasteiger partial charge on any atom is -0.393 e. The van der Waals surface area contributed by atoms with E-state index in [1.807, 2.05) is 0 Å². The smallest absolute Gasteiger partial charge is 0.318 e. The number of ether oxygens (including phenoxy) is 1. The fraction of sp³-hybridized carbons (Fsp3) is 0.714. The molecule has 0 bridgehead atoms. The molecule has 1 rings (SSSR count). The van der Waals surface area contributed by atoms with Crippen molar-refractivity contribution in [1.82, 2.24) is 0 Å². The van der Waals surface area contributed by atoms with Gasteiger partial charge in [-0.2, -0.15) is 0 Å². The predicted octanol–water partition coefficient (Wildman–Crippen LogP) is -0.297. The summed E-state index contributed by atoms with van der Waals surface area (Å²) >= 11 is 0. The van der Waals surface area contributed by atoms with Crippen molar-refractivity contribution in [2.24, 2.45) is 11.8 Å². The van der Waals surface area contributed by atoms with Crippen LogP contribution < -0.4 is 0 Å². The Balaban J connectivity index is 2.78. The maximum Gasteiger partial charge on any atom is 0.318 e. The van der Waals surface area contributed by atoms with Crippen molar-refractivity contribution in [3.05, 3.63) is 0 Å². The Labute approximate surface area is 64.2 Å². The Morgan fingerprint density at radius 3 is 1.91 bits per heavy atom. The van der Waals surface area contributed by atoms with Gasteiger partial charge in [-0.25, -0.2) is 0 Å². The second kappa shape index (κ2) is 2.62. The van der Waals surface area contributed by atoms with Gasteiger partial charge in [0.05, 0.1) is 17.9 Å². The average molecular weight is 158 g/mol. The summed E-state index contributed by atoms with van der Waals surface area (Å²) in [7, 11) is 0. The van der Waals surface area contributed by atoms with Gasteiger partial charge >= 0.3 is 11.9 Å². The molecule has 1 unspecified atom stereocenters. The van der Waals surface area contributed by atoms with Crippen molar-refractivity contribution in [3.63, 3.8) is 0 Å². The molecule has 0 aromatic carbocycles. The molecule has 0 aromatic rings. The topological polar surface area (TPSA) is 63.6 Å². The predicted molar refractivity (Wildman–Crippen MR) is 35.4 cm³/mol. The molecular formula is C7H10O4. The van der Waals surface area contributed by atoms with E-state index in [9.17, 15) is 14.7 Å². The second-order valence-corrected chi connectivity index (χ2v) is 2.81. The first-order chi connectivity index (χ1) is 5.04.